The Hall–Kier alpha value is -1.96. The SMILES string of the molecule is Fc1c2ccccc2c(F)c2ccccc12. The Labute approximate surface area is 91.1 Å². The Bertz CT molecular complexity index is 570. The summed E-state index contributed by atoms with van der Waals surface area (Å²) < 4.78 is 28.2. The van der Waals surface area contributed by atoms with Crippen LogP contribution in [0.25, 0.3) is 21.5 Å². The van der Waals surface area contributed by atoms with Crippen LogP contribution in [0.1, 0.15) is 0 Å². The summed E-state index contributed by atoms with van der Waals surface area (Å²) in [7, 11) is 0. The molecule has 0 saturated heterocycles. The minimum atomic E-state index is -0.354. The molecule has 0 heterocycles. The Morgan fingerprint density at radius 3 is 1.00 bits per heavy atom. The average molecular weight is 214 g/mol. The van der Waals surface area contributed by atoms with Crippen molar-refractivity contribution < 1.29 is 8.78 Å². The minimum absolute atomic E-state index is 0.332. The van der Waals surface area contributed by atoms with Crippen LogP contribution in [0.5, 0.6) is 0 Å². The van der Waals surface area contributed by atoms with Gasteiger partial charge in [0.05, 0.1) is 0 Å². The van der Waals surface area contributed by atoms with Crippen molar-refractivity contribution in [2.75, 3.05) is 0 Å². The first-order chi connectivity index (χ1) is 7.79. The van der Waals surface area contributed by atoms with E-state index in [9.17, 15) is 8.78 Å². The number of hydrogen-bond donors (Lipinski definition) is 0. The Balaban J connectivity index is 2.67. The van der Waals surface area contributed by atoms with E-state index >= 15 is 0 Å². The molecule has 0 unspecified atom stereocenters. The van der Waals surface area contributed by atoms with Crippen molar-refractivity contribution in [3.8, 4) is 0 Å². The topological polar surface area (TPSA) is 0 Å². The smallest absolute Gasteiger partial charge is 0.139 e. The van der Waals surface area contributed by atoms with Gasteiger partial charge >= 0.3 is 0 Å². The van der Waals surface area contributed by atoms with Gasteiger partial charge in [-0.3, -0.25) is 0 Å². The van der Waals surface area contributed by atoms with E-state index in [0.29, 0.717) is 21.5 Å². The van der Waals surface area contributed by atoms with E-state index in [1.807, 2.05) is 0 Å². The first-order valence-corrected chi connectivity index (χ1v) is 5.03. The molecule has 16 heavy (non-hydrogen) atoms. The maximum atomic E-state index is 14.1. The number of rotatable bonds is 0. The van der Waals surface area contributed by atoms with Crippen molar-refractivity contribution in [2.24, 2.45) is 0 Å². The van der Waals surface area contributed by atoms with Gasteiger partial charge in [0.1, 0.15) is 11.6 Å². The van der Waals surface area contributed by atoms with E-state index in [1.54, 1.807) is 48.5 Å². The highest BCUT2D eigenvalue weighted by molar-refractivity contribution is 5.99. The van der Waals surface area contributed by atoms with Crippen LogP contribution in [0.15, 0.2) is 48.5 Å². The van der Waals surface area contributed by atoms with Crippen LogP contribution in [0.2, 0.25) is 0 Å². The van der Waals surface area contributed by atoms with Gasteiger partial charge in [0.15, 0.2) is 0 Å². The second-order valence-electron chi connectivity index (χ2n) is 3.72. The molecule has 3 rings (SSSR count). The molecule has 0 aliphatic heterocycles. The molecule has 78 valence electrons. The highest BCUT2D eigenvalue weighted by Crippen LogP contribution is 2.30. The molecule has 0 radical (unpaired) electrons. The quantitative estimate of drug-likeness (QED) is 0.490. The number of fused-ring (bicyclic) bond motifs is 2. The van der Waals surface area contributed by atoms with Crippen molar-refractivity contribution in [3.05, 3.63) is 60.2 Å². The Morgan fingerprint density at radius 2 is 0.750 bits per heavy atom. The third kappa shape index (κ3) is 1.13. The van der Waals surface area contributed by atoms with Gasteiger partial charge in [-0.05, 0) is 0 Å². The molecule has 0 saturated carbocycles. The summed E-state index contributed by atoms with van der Waals surface area (Å²) in [6, 6.07) is 13.2. The average Bonchev–Trinajstić information content (AvgIpc) is 2.36. The lowest BCUT2D eigenvalue weighted by Gasteiger charge is -2.06. The molecule has 0 N–H and O–H groups in total. The maximum absolute atomic E-state index is 14.1. The molecule has 0 atom stereocenters. The van der Waals surface area contributed by atoms with Crippen LogP contribution in [0, 0.1) is 11.6 Å². The van der Waals surface area contributed by atoms with Crippen molar-refractivity contribution in [3.63, 3.8) is 0 Å². The second kappa shape index (κ2) is 3.27. The van der Waals surface area contributed by atoms with Gasteiger partial charge in [-0.2, -0.15) is 0 Å². The molecule has 0 aliphatic rings. The van der Waals surface area contributed by atoms with Gasteiger partial charge in [-0.1, -0.05) is 48.5 Å². The predicted octanol–water partition coefficient (Wildman–Crippen LogP) is 4.27. The van der Waals surface area contributed by atoms with Gasteiger partial charge in [0.2, 0.25) is 0 Å². The van der Waals surface area contributed by atoms with Crippen LogP contribution in [-0.4, -0.2) is 0 Å². The molecule has 0 nitrogen and oxygen atoms in total. The van der Waals surface area contributed by atoms with E-state index in [4.69, 9.17) is 0 Å². The zero-order valence-corrected chi connectivity index (χ0v) is 8.37. The monoisotopic (exact) mass is 214 g/mol. The summed E-state index contributed by atoms with van der Waals surface area (Å²) in [5.41, 5.74) is 0. The molecular formula is C14H8F2. The van der Waals surface area contributed by atoms with Gasteiger partial charge < -0.3 is 0 Å². The molecule has 3 aromatic rings. The van der Waals surface area contributed by atoms with Gasteiger partial charge in [0, 0.05) is 21.5 Å². The van der Waals surface area contributed by atoms with E-state index in [-0.39, 0.29) is 11.6 Å². The predicted molar refractivity (Wildman–Crippen MR) is 61.4 cm³/mol. The number of halogens is 2. The third-order valence-corrected chi connectivity index (χ3v) is 2.80. The van der Waals surface area contributed by atoms with Crippen LogP contribution in [0.3, 0.4) is 0 Å². The zero-order valence-electron chi connectivity index (χ0n) is 8.37. The molecule has 0 aromatic heterocycles. The summed E-state index contributed by atoms with van der Waals surface area (Å²) in [6.45, 7) is 0. The van der Waals surface area contributed by atoms with Crippen molar-refractivity contribution in [1.29, 1.82) is 0 Å². The zero-order chi connectivity index (χ0) is 11.1. The maximum Gasteiger partial charge on any atom is 0.139 e. The lowest BCUT2D eigenvalue weighted by molar-refractivity contribution is 0.635. The number of benzene rings is 3. The van der Waals surface area contributed by atoms with Gasteiger partial charge in [0.25, 0.3) is 0 Å². The largest absolute Gasteiger partial charge is 0.206 e. The highest BCUT2D eigenvalue weighted by Gasteiger charge is 2.12. The normalized spacial score (nSPS) is 11.1. The van der Waals surface area contributed by atoms with Crippen molar-refractivity contribution in [2.45, 2.75) is 0 Å². The molecule has 0 bridgehead atoms. The number of hydrogen-bond acceptors (Lipinski definition) is 0. The molecule has 0 fully saturated rings. The Kier molecular flexibility index (Phi) is 1.90. The summed E-state index contributed by atoms with van der Waals surface area (Å²) in [5, 5.41) is 1.33. The van der Waals surface area contributed by atoms with Crippen LogP contribution in [-0.2, 0) is 0 Å². The fraction of sp³-hybridized carbons (Fsp3) is 0. The third-order valence-electron chi connectivity index (χ3n) is 2.80. The fourth-order valence-corrected chi connectivity index (χ4v) is 2.02. The lowest BCUT2D eigenvalue weighted by atomic mass is 10.0. The molecule has 0 amide bonds. The van der Waals surface area contributed by atoms with Crippen molar-refractivity contribution in [1.82, 2.24) is 0 Å². The molecule has 3 aromatic carbocycles. The summed E-state index contributed by atoms with van der Waals surface area (Å²) in [4.78, 5) is 0. The fourth-order valence-electron chi connectivity index (χ4n) is 2.02. The minimum Gasteiger partial charge on any atom is -0.206 e. The van der Waals surface area contributed by atoms with Crippen LogP contribution < -0.4 is 0 Å². The first kappa shape index (κ1) is 9.28. The van der Waals surface area contributed by atoms with Crippen LogP contribution >= 0.6 is 0 Å². The second-order valence-corrected chi connectivity index (χ2v) is 3.72. The Morgan fingerprint density at radius 1 is 0.500 bits per heavy atom. The molecule has 2 heteroatoms. The summed E-state index contributed by atoms with van der Waals surface area (Å²) >= 11 is 0. The van der Waals surface area contributed by atoms with E-state index in [1.165, 1.54) is 0 Å². The standard InChI is InChI=1S/C14H8F2/c15-13-9-5-1-2-6-10(9)14(16)12-8-4-3-7-11(12)13/h1-8H. The van der Waals surface area contributed by atoms with Gasteiger partial charge in [-0.25, -0.2) is 8.78 Å². The molecule has 0 aliphatic carbocycles. The summed E-state index contributed by atoms with van der Waals surface area (Å²) in [6.07, 6.45) is 0. The lowest BCUT2D eigenvalue weighted by Crippen LogP contribution is -1.88. The molecule has 0 spiro atoms. The van der Waals surface area contributed by atoms with Gasteiger partial charge in [-0.15, -0.1) is 0 Å². The first-order valence-electron chi connectivity index (χ1n) is 5.03. The van der Waals surface area contributed by atoms with E-state index < -0.39 is 0 Å². The summed E-state index contributed by atoms with van der Waals surface area (Å²) in [5.74, 6) is -0.708. The van der Waals surface area contributed by atoms with Crippen LogP contribution in [0.4, 0.5) is 8.78 Å². The molecular weight excluding hydrogens is 206 g/mol. The van der Waals surface area contributed by atoms with E-state index in [0.717, 1.165) is 0 Å². The van der Waals surface area contributed by atoms with E-state index in [2.05, 4.69) is 0 Å². The van der Waals surface area contributed by atoms with Crippen molar-refractivity contribution >= 4 is 21.5 Å². The highest BCUT2D eigenvalue weighted by atomic mass is 19.1.